The minimum atomic E-state index is 0.0300. The number of carbonyl (C=O) groups excluding carboxylic acids is 1. The third-order valence-corrected chi connectivity index (χ3v) is 1.43. The second-order valence-electron chi connectivity index (χ2n) is 2.65. The molecule has 4 nitrogen and oxygen atoms in total. The fourth-order valence-electron chi connectivity index (χ4n) is 0.863. The molecule has 0 spiro atoms. The number of carbonyl (C=O) groups is 1. The predicted octanol–water partition coefficient (Wildman–Crippen LogP) is -0.174. The molecule has 0 bridgehead atoms. The molecule has 0 unspecified atom stereocenters. The van der Waals surface area contributed by atoms with Gasteiger partial charge in [-0.05, 0) is 0 Å². The third kappa shape index (κ3) is 3.50. The molecule has 0 aromatic rings. The van der Waals surface area contributed by atoms with E-state index in [2.05, 4.69) is 6.58 Å². The van der Waals surface area contributed by atoms with E-state index >= 15 is 0 Å². The largest absolute Gasteiger partial charge is 0.330 e. The third-order valence-electron chi connectivity index (χ3n) is 1.43. The van der Waals surface area contributed by atoms with Gasteiger partial charge in [0.2, 0.25) is 5.91 Å². The Kier molecular flexibility index (Phi) is 5.32. The number of hydrogen-bond donors (Lipinski definition) is 1. The molecule has 0 atom stereocenters. The normalized spacial score (nSPS) is 10.0. The van der Waals surface area contributed by atoms with Gasteiger partial charge in [0, 0.05) is 27.1 Å². The first-order valence-electron chi connectivity index (χ1n) is 3.92. The Balaban J connectivity index is 4.08. The first-order chi connectivity index (χ1) is 5.63. The number of nitrogens with two attached hydrogens (primary N) is 1. The topological polar surface area (TPSA) is 49.6 Å². The van der Waals surface area contributed by atoms with Crippen LogP contribution in [-0.2, 0) is 4.79 Å². The molecule has 0 aliphatic heterocycles. The molecule has 0 radical (unpaired) electrons. The summed E-state index contributed by atoms with van der Waals surface area (Å²) < 4.78 is 0. The van der Waals surface area contributed by atoms with Crippen LogP contribution in [0.5, 0.6) is 0 Å². The summed E-state index contributed by atoms with van der Waals surface area (Å²) >= 11 is 0. The number of hydrazine groups is 1. The van der Waals surface area contributed by atoms with Gasteiger partial charge in [0.25, 0.3) is 0 Å². The van der Waals surface area contributed by atoms with Crippen molar-refractivity contribution in [3.8, 4) is 0 Å². The second kappa shape index (κ2) is 5.74. The number of nitrogens with zero attached hydrogens (tertiary/aromatic N) is 2. The second-order valence-corrected chi connectivity index (χ2v) is 2.65. The van der Waals surface area contributed by atoms with Gasteiger partial charge in [0.05, 0.1) is 6.54 Å². The van der Waals surface area contributed by atoms with Crippen LogP contribution in [0.4, 0.5) is 0 Å². The Hall–Kier alpha value is -0.870. The minimum absolute atomic E-state index is 0.0300. The lowest BCUT2D eigenvalue weighted by atomic mass is 10.4. The number of hydrogen-bond acceptors (Lipinski definition) is 3. The van der Waals surface area contributed by atoms with E-state index in [1.807, 2.05) is 14.1 Å². The Bertz CT molecular complexity index is 156. The van der Waals surface area contributed by atoms with E-state index in [1.165, 1.54) is 0 Å². The Labute approximate surface area is 73.6 Å². The predicted molar refractivity (Wildman–Crippen MR) is 49.3 cm³/mol. The average Bonchev–Trinajstić information content (AvgIpc) is 1.99. The van der Waals surface area contributed by atoms with Gasteiger partial charge in [-0.3, -0.25) is 9.80 Å². The standard InChI is InChI=1S/C8H17N3O/c1-4-7-11(10(2)3)8(12)5-6-9/h4H,1,5-7,9H2,2-3H3. The first kappa shape index (κ1) is 11.1. The van der Waals surface area contributed by atoms with E-state index in [0.29, 0.717) is 19.5 Å². The monoisotopic (exact) mass is 171 g/mol. The zero-order chi connectivity index (χ0) is 9.56. The zero-order valence-corrected chi connectivity index (χ0v) is 7.79. The number of rotatable bonds is 5. The van der Waals surface area contributed by atoms with E-state index in [1.54, 1.807) is 16.1 Å². The smallest absolute Gasteiger partial charge is 0.238 e. The van der Waals surface area contributed by atoms with Crippen LogP contribution >= 0.6 is 0 Å². The summed E-state index contributed by atoms with van der Waals surface area (Å²) in [6.07, 6.45) is 2.07. The van der Waals surface area contributed by atoms with Crippen molar-refractivity contribution in [2.75, 3.05) is 27.2 Å². The van der Waals surface area contributed by atoms with Crippen molar-refractivity contribution in [1.29, 1.82) is 0 Å². The highest BCUT2D eigenvalue weighted by Gasteiger charge is 2.12. The highest BCUT2D eigenvalue weighted by molar-refractivity contribution is 5.75. The molecule has 0 fully saturated rings. The summed E-state index contributed by atoms with van der Waals surface area (Å²) in [5.41, 5.74) is 5.27. The summed E-state index contributed by atoms with van der Waals surface area (Å²) in [4.78, 5) is 11.3. The highest BCUT2D eigenvalue weighted by Crippen LogP contribution is 1.95. The van der Waals surface area contributed by atoms with E-state index in [-0.39, 0.29) is 5.91 Å². The Morgan fingerprint density at radius 3 is 2.50 bits per heavy atom. The molecule has 1 amide bonds. The molecule has 0 aromatic heterocycles. The van der Waals surface area contributed by atoms with Crippen LogP contribution in [0.3, 0.4) is 0 Å². The molecule has 0 aromatic carbocycles. The molecule has 0 aliphatic carbocycles. The number of amides is 1. The molecule has 2 N–H and O–H groups in total. The van der Waals surface area contributed by atoms with Gasteiger partial charge in [0.1, 0.15) is 0 Å². The van der Waals surface area contributed by atoms with Crippen molar-refractivity contribution in [3.63, 3.8) is 0 Å². The van der Waals surface area contributed by atoms with Crippen LogP contribution in [0.25, 0.3) is 0 Å². The lowest BCUT2D eigenvalue weighted by molar-refractivity contribution is -0.143. The quantitative estimate of drug-likeness (QED) is 0.461. The van der Waals surface area contributed by atoms with Crippen LogP contribution in [0.2, 0.25) is 0 Å². The van der Waals surface area contributed by atoms with Crippen LogP contribution < -0.4 is 5.73 Å². The van der Waals surface area contributed by atoms with Gasteiger partial charge in [-0.2, -0.15) is 0 Å². The zero-order valence-electron chi connectivity index (χ0n) is 7.79. The maximum Gasteiger partial charge on any atom is 0.238 e. The van der Waals surface area contributed by atoms with Crippen molar-refractivity contribution in [2.45, 2.75) is 6.42 Å². The molecular formula is C8H17N3O. The van der Waals surface area contributed by atoms with E-state index in [0.717, 1.165) is 0 Å². The molecule has 0 heterocycles. The molecule has 70 valence electrons. The van der Waals surface area contributed by atoms with Gasteiger partial charge in [-0.1, -0.05) is 6.08 Å². The lowest BCUT2D eigenvalue weighted by Gasteiger charge is -2.27. The molecule has 4 heteroatoms. The maximum atomic E-state index is 11.3. The van der Waals surface area contributed by atoms with Gasteiger partial charge in [-0.25, -0.2) is 5.01 Å². The molecule has 12 heavy (non-hydrogen) atoms. The van der Waals surface area contributed by atoms with Crippen molar-refractivity contribution in [1.82, 2.24) is 10.0 Å². The van der Waals surface area contributed by atoms with Crippen molar-refractivity contribution >= 4 is 5.91 Å². The van der Waals surface area contributed by atoms with Crippen LogP contribution in [0.1, 0.15) is 6.42 Å². The molecule has 0 rings (SSSR count). The highest BCUT2D eigenvalue weighted by atomic mass is 16.2. The van der Waals surface area contributed by atoms with E-state index in [9.17, 15) is 4.79 Å². The Morgan fingerprint density at radius 2 is 2.17 bits per heavy atom. The van der Waals surface area contributed by atoms with Gasteiger partial charge < -0.3 is 5.73 Å². The SMILES string of the molecule is C=CCN(C(=O)CCN)N(C)C. The minimum Gasteiger partial charge on any atom is -0.330 e. The summed E-state index contributed by atoms with van der Waals surface area (Å²) in [6, 6.07) is 0. The molecule has 0 saturated heterocycles. The fourth-order valence-corrected chi connectivity index (χ4v) is 0.863. The van der Waals surface area contributed by atoms with Crippen LogP contribution in [-0.4, -0.2) is 43.1 Å². The molecular weight excluding hydrogens is 154 g/mol. The van der Waals surface area contributed by atoms with Gasteiger partial charge in [0.15, 0.2) is 0 Å². The average molecular weight is 171 g/mol. The summed E-state index contributed by atoms with van der Waals surface area (Å²) in [7, 11) is 3.63. The summed E-state index contributed by atoms with van der Waals surface area (Å²) in [6.45, 7) is 4.50. The summed E-state index contributed by atoms with van der Waals surface area (Å²) in [5, 5.41) is 3.33. The lowest BCUT2D eigenvalue weighted by Crippen LogP contribution is -2.42. The van der Waals surface area contributed by atoms with Gasteiger partial charge in [-0.15, -0.1) is 6.58 Å². The molecule has 0 aliphatic rings. The van der Waals surface area contributed by atoms with E-state index in [4.69, 9.17) is 5.73 Å². The summed E-state index contributed by atoms with van der Waals surface area (Å²) in [5.74, 6) is 0.0300. The van der Waals surface area contributed by atoms with Gasteiger partial charge >= 0.3 is 0 Å². The molecule has 0 saturated carbocycles. The first-order valence-corrected chi connectivity index (χ1v) is 3.92. The van der Waals surface area contributed by atoms with Crippen LogP contribution in [0.15, 0.2) is 12.7 Å². The van der Waals surface area contributed by atoms with Crippen LogP contribution in [0, 0.1) is 0 Å². The van der Waals surface area contributed by atoms with Crippen molar-refractivity contribution < 1.29 is 4.79 Å². The van der Waals surface area contributed by atoms with Crippen molar-refractivity contribution in [2.24, 2.45) is 5.73 Å². The fraction of sp³-hybridized carbons (Fsp3) is 0.625. The van der Waals surface area contributed by atoms with Crippen molar-refractivity contribution in [3.05, 3.63) is 12.7 Å². The van der Waals surface area contributed by atoms with E-state index < -0.39 is 0 Å². The Morgan fingerprint density at radius 1 is 1.58 bits per heavy atom. The maximum absolute atomic E-state index is 11.3.